The van der Waals surface area contributed by atoms with Gasteiger partial charge in [-0.3, -0.25) is 0 Å². The molecule has 5 nitrogen and oxygen atoms in total. The number of aryl methyl sites for hydroxylation is 1. The predicted octanol–water partition coefficient (Wildman–Crippen LogP) is 0.843. The summed E-state index contributed by atoms with van der Waals surface area (Å²) in [6.45, 7) is 1.64. The fourth-order valence-corrected chi connectivity index (χ4v) is 0.467. The second-order valence-corrected chi connectivity index (χ2v) is 1.63. The fraction of sp³-hybridized carbons (Fsp3) is 0.200. The number of nitrogens with zero attached hydrogens (tertiary/aromatic N) is 1. The average molecular weight is 144 g/mol. The van der Waals surface area contributed by atoms with Crippen molar-refractivity contribution in [1.82, 2.24) is 11.3 Å². The van der Waals surface area contributed by atoms with Crippen LogP contribution in [0.15, 0.2) is 10.6 Å². The molecule has 1 rings (SSSR count). The summed E-state index contributed by atoms with van der Waals surface area (Å²) in [6.07, 6.45) is 0. The van der Waals surface area contributed by atoms with Crippen LogP contribution in [0.25, 0.3) is 0 Å². The highest BCUT2D eigenvalue weighted by Crippen LogP contribution is 1.99. The SMILES string of the molecule is Cc1cc(C(=O)O)no1.N. The highest BCUT2D eigenvalue weighted by atomic mass is 16.5. The molecular formula is C5H8N2O3. The van der Waals surface area contributed by atoms with Crippen LogP contribution in [0.1, 0.15) is 16.2 Å². The molecular weight excluding hydrogens is 136 g/mol. The number of carboxylic acid groups (broad SMARTS) is 1. The maximum Gasteiger partial charge on any atom is 0.358 e. The Balaban J connectivity index is 0.000000810. The monoisotopic (exact) mass is 144 g/mol. The summed E-state index contributed by atoms with van der Waals surface area (Å²) < 4.78 is 4.49. The highest BCUT2D eigenvalue weighted by Gasteiger charge is 2.06. The van der Waals surface area contributed by atoms with Gasteiger partial charge in [-0.05, 0) is 6.92 Å². The molecule has 0 aliphatic heterocycles. The minimum atomic E-state index is -1.06. The molecule has 5 heteroatoms. The van der Waals surface area contributed by atoms with Crippen molar-refractivity contribution in [2.45, 2.75) is 6.92 Å². The molecule has 1 heterocycles. The van der Waals surface area contributed by atoms with Crippen LogP contribution in [0.4, 0.5) is 0 Å². The zero-order valence-electron chi connectivity index (χ0n) is 5.50. The van der Waals surface area contributed by atoms with Crippen LogP contribution in [-0.2, 0) is 0 Å². The number of aromatic carboxylic acids is 1. The van der Waals surface area contributed by atoms with Crippen LogP contribution >= 0.6 is 0 Å². The van der Waals surface area contributed by atoms with Crippen LogP contribution < -0.4 is 6.15 Å². The van der Waals surface area contributed by atoms with Gasteiger partial charge in [0.15, 0.2) is 5.69 Å². The lowest BCUT2D eigenvalue weighted by molar-refractivity contribution is 0.0685. The van der Waals surface area contributed by atoms with Gasteiger partial charge in [0.05, 0.1) is 0 Å². The molecule has 0 spiro atoms. The van der Waals surface area contributed by atoms with E-state index in [0.29, 0.717) is 5.76 Å². The first-order chi connectivity index (χ1) is 4.20. The molecule has 0 saturated carbocycles. The lowest BCUT2D eigenvalue weighted by Crippen LogP contribution is -1.94. The van der Waals surface area contributed by atoms with E-state index in [1.165, 1.54) is 6.07 Å². The summed E-state index contributed by atoms with van der Waals surface area (Å²) >= 11 is 0. The van der Waals surface area contributed by atoms with Crippen LogP contribution in [0, 0.1) is 6.92 Å². The molecule has 0 saturated heterocycles. The minimum Gasteiger partial charge on any atom is -0.476 e. The summed E-state index contributed by atoms with van der Waals surface area (Å²) in [7, 11) is 0. The third kappa shape index (κ3) is 1.56. The second kappa shape index (κ2) is 2.98. The van der Waals surface area contributed by atoms with Crippen molar-refractivity contribution in [3.63, 3.8) is 0 Å². The molecule has 0 aliphatic rings. The Morgan fingerprint density at radius 1 is 1.80 bits per heavy atom. The van der Waals surface area contributed by atoms with E-state index < -0.39 is 5.97 Å². The lowest BCUT2D eigenvalue weighted by Gasteiger charge is -1.75. The first-order valence-electron chi connectivity index (χ1n) is 2.37. The van der Waals surface area contributed by atoms with Crippen molar-refractivity contribution in [2.75, 3.05) is 0 Å². The van der Waals surface area contributed by atoms with Gasteiger partial charge in [-0.2, -0.15) is 0 Å². The predicted molar refractivity (Wildman–Crippen MR) is 33.2 cm³/mol. The van der Waals surface area contributed by atoms with E-state index >= 15 is 0 Å². The largest absolute Gasteiger partial charge is 0.476 e. The smallest absolute Gasteiger partial charge is 0.358 e. The molecule has 56 valence electrons. The Labute approximate surface area is 57.2 Å². The van der Waals surface area contributed by atoms with Crippen molar-refractivity contribution in [1.29, 1.82) is 0 Å². The summed E-state index contributed by atoms with van der Waals surface area (Å²) in [4.78, 5) is 10.1. The first-order valence-corrected chi connectivity index (χ1v) is 2.37. The molecule has 0 atom stereocenters. The van der Waals surface area contributed by atoms with Crippen molar-refractivity contribution >= 4 is 5.97 Å². The fourth-order valence-electron chi connectivity index (χ4n) is 0.467. The number of carbonyl (C=O) groups is 1. The van der Waals surface area contributed by atoms with E-state index in [-0.39, 0.29) is 11.8 Å². The molecule has 0 aliphatic carbocycles. The van der Waals surface area contributed by atoms with Crippen LogP contribution in [-0.4, -0.2) is 16.2 Å². The molecule has 0 bridgehead atoms. The van der Waals surface area contributed by atoms with Gasteiger partial charge in [-0.1, -0.05) is 5.16 Å². The Hall–Kier alpha value is -1.36. The van der Waals surface area contributed by atoms with E-state index in [1.807, 2.05) is 0 Å². The Morgan fingerprint density at radius 2 is 2.40 bits per heavy atom. The first kappa shape index (κ1) is 8.64. The number of rotatable bonds is 1. The van der Waals surface area contributed by atoms with E-state index in [2.05, 4.69) is 9.68 Å². The number of carboxylic acids is 1. The quantitative estimate of drug-likeness (QED) is 0.608. The molecule has 4 N–H and O–H groups in total. The van der Waals surface area contributed by atoms with Crippen LogP contribution in [0.2, 0.25) is 0 Å². The number of hydrogen-bond donors (Lipinski definition) is 2. The molecule has 0 radical (unpaired) electrons. The van der Waals surface area contributed by atoms with Gasteiger partial charge in [-0.25, -0.2) is 4.79 Å². The van der Waals surface area contributed by atoms with Gasteiger partial charge in [0.1, 0.15) is 5.76 Å². The summed E-state index contributed by atoms with van der Waals surface area (Å²) in [5.74, 6) is -0.556. The van der Waals surface area contributed by atoms with Crippen molar-refractivity contribution in [2.24, 2.45) is 0 Å². The van der Waals surface area contributed by atoms with Gasteiger partial charge < -0.3 is 15.8 Å². The van der Waals surface area contributed by atoms with E-state index in [1.54, 1.807) is 6.92 Å². The normalized spacial score (nSPS) is 8.50. The third-order valence-electron chi connectivity index (χ3n) is 0.847. The zero-order chi connectivity index (χ0) is 6.85. The molecule has 1 aromatic rings. The van der Waals surface area contributed by atoms with Crippen molar-refractivity contribution in [3.8, 4) is 0 Å². The summed E-state index contributed by atoms with van der Waals surface area (Å²) in [5, 5.41) is 11.5. The molecule has 0 unspecified atom stereocenters. The average Bonchev–Trinajstić information content (AvgIpc) is 2.14. The molecule has 0 fully saturated rings. The minimum absolute atomic E-state index is 0. The van der Waals surface area contributed by atoms with Crippen LogP contribution in [0.5, 0.6) is 0 Å². The van der Waals surface area contributed by atoms with E-state index in [4.69, 9.17) is 5.11 Å². The van der Waals surface area contributed by atoms with Gasteiger partial charge in [0.25, 0.3) is 0 Å². The molecule has 0 aromatic carbocycles. The van der Waals surface area contributed by atoms with Crippen molar-refractivity contribution in [3.05, 3.63) is 17.5 Å². The van der Waals surface area contributed by atoms with Crippen molar-refractivity contribution < 1.29 is 14.4 Å². The van der Waals surface area contributed by atoms with E-state index in [9.17, 15) is 4.79 Å². The Kier molecular flexibility index (Phi) is 2.57. The van der Waals surface area contributed by atoms with Gasteiger partial charge in [0.2, 0.25) is 0 Å². The molecule has 1 aromatic heterocycles. The van der Waals surface area contributed by atoms with Gasteiger partial charge >= 0.3 is 5.97 Å². The van der Waals surface area contributed by atoms with E-state index in [0.717, 1.165) is 0 Å². The molecule has 10 heavy (non-hydrogen) atoms. The summed E-state index contributed by atoms with van der Waals surface area (Å²) in [5.41, 5.74) is -0.0486. The Bertz CT molecular complexity index is 231. The van der Waals surface area contributed by atoms with Gasteiger partial charge in [0, 0.05) is 6.07 Å². The maximum atomic E-state index is 10.1. The number of aromatic nitrogens is 1. The standard InChI is InChI=1S/C5H5NO3.H3N/c1-3-2-4(5(7)8)6-9-3;/h2H,1H3,(H,7,8);1H3. The summed E-state index contributed by atoms with van der Waals surface area (Å²) in [6, 6.07) is 1.36. The number of hydrogen-bond acceptors (Lipinski definition) is 4. The van der Waals surface area contributed by atoms with Crippen LogP contribution in [0.3, 0.4) is 0 Å². The lowest BCUT2D eigenvalue weighted by atomic mass is 10.4. The molecule has 0 amide bonds. The van der Waals surface area contributed by atoms with Gasteiger partial charge in [-0.15, -0.1) is 0 Å². The second-order valence-electron chi connectivity index (χ2n) is 1.63. The Morgan fingerprint density at radius 3 is 2.60 bits per heavy atom. The highest BCUT2D eigenvalue weighted by molar-refractivity contribution is 5.85. The topological polar surface area (TPSA) is 98.3 Å². The third-order valence-corrected chi connectivity index (χ3v) is 0.847. The zero-order valence-corrected chi connectivity index (χ0v) is 5.50. The maximum absolute atomic E-state index is 10.1.